The van der Waals surface area contributed by atoms with Gasteiger partial charge < -0.3 is 4.42 Å². The first-order valence-corrected chi connectivity index (χ1v) is 15.4. The first kappa shape index (κ1) is 27.4. The van der Waals surface area contributed by atoms with Crippen molar-refractivity contribution in [2.45, 2.75) is 6.92 Å². The van der Waals surface area contributed by atoms with Crippen molar-refractivity contribution in [3.8, 4) is 45.3 Å². The molecule has 0 aliphatic rings. The van der Waals surface area contributed by atoms with Crippen molar-refractivity contribution >= 4 is 34.1 Å². The molecule has 0 aliphatic carbocycles. The summed E-state index contributed by atoms with van der Waals surface area (Å²) in [4.78, 5) is 14.8. The number of furan rings is 1. The largest absolute Gasteiger partial charge is 0.456 e. The van der Waals surface area contributed by atoms with Crippen molar-refractivity contribution in [1.82, 2.24) is 15.0 Å². The fourth-order valence-electron chi connectivity index (χ4n) is 5.87. The van der Waals surface area contributed by atoms with Crippen molar-refractivity contribution in [3.63, 3.8) is 0 Å². The second kappa shape index (κ2) is 11.8. The third kappa shape index (κ3) is 5.27. The normalized spacial score (nSPS) is 11.5. The number of hydrogen-bond acceptors (Lipinski definition) is 4. The molecule has 0 bridgehead atoms. The Hall–Kier alpha value is -6.13. The number of hydrogen-bond donors (Lipinski definition) is 0. The maximum absolute atomic E-state index is 6.13. The van der Waals surface area contributed by atoms with Gasteiger partial charge in [0.1, 0.15) is 11.2 Å². The monoisotopic (exact) mass is 591 g/mol. The molecule has 218 valence electrons. The summed E-state index contributed by atoms with van der Waals surface area (Å²) in [5.41, 5.74) is 10.4. The van der Waals surface area contributed by atoms with Gasteiger partial charge >= 0.3 is 0 Å². The van der Waals surface area contributed by atoms with Crippen molar-refractivity contribution in [2.24, 2.45) is 0 Å². The van der Waals surface area contributed by atoms with Gasteiger partial charge in [0.05, 0.1) is 0 Å². The van der Waals surface area contributed by atoms with Gasteiger partial charge in [-0.2, -0.15) is 0 Å². The van der Waals surface area contributed by atoms with Crippen LogP contribution in [-0.2, 0) is 0 Å². The minimum absolute atomic E-state index is 0.630. The van der Waals surface area contributed by atoms with E-state index in [4.69, 9.17) is 19.4 Å². The predicted molar refractivity (Wildman–Crippen MR) is 189 cm³/mol. The Balaban J connectivity index is 1.16. The molecule has 0 fully saturated rings. The highest BCUT2D eigenvalue weighted by atomic mass is 16.3. The summed E-state index contributed by atoms with van der Waals surface area (Å²) in [5.74, 6) is 1.91. The molecule has 46 heavy (non-hydrogen) atoms. The summed E-state index contributed by atoms with van der Waals surface area (Å²) in [6.07, 6.45) is 4.28. The molecule has 0 radical (unpaired) electrons. The number of nitrogens with zero attached hydrogens (tertiary/aromatic N) is 3. The van der Waals surface area contributed by atoms with Crippen molar-refractivity contribution < 1.29 is 4.42 Å². The average molecular weight is 592 g/mol. The molecular weight excluding hydrogens is 562 g/mol. The Labute approximate surface area is 267 Å². The molecule has 0 atom stereocenters. The van der Waals surface area contributed by atoms with Gasteiger partial charge in [0.2, 0.25) is 0 Å². The molecule has 2 aromatic heterocycles. The Bertz CT molecular complexity index is 2350. The summed E-state index contributed by atoms with van der Waals surface area (Å²) < 4.78 is 6.13. The van der Waals surface area contributed by atoms with Gasteiger partial charge in [-0.15, -0.1) is 0 Å². The van der Waals surface area contributed by atoms with Crippen LogP contribution in [0.5, 0.6) is 0 Å². The maximum Gasteiger partial charge on any atom is 0.164 e. The Kier molecular flexibility index (Phi) is 7.01. The molecule has 6 aromatic carbocycles. The molecule has 8 rings (SSSR count). The summed E-state index contributed by atoms with van der Waals surface area (Å²) in [6, 6.07) is 49.6. The van der Waals surface area contributed by atoms with Crippen LogP contribution in [0.2, 0.25) is 0 Å². The van der Waals surface area contributed by atoms with Crippen LogP contribution in [0.15, 0.2) is 150 Å². The van der Waals surface area contributed by atoms with Crippen molar-refractivity contribution in [1.29, 1.82) is 0 Å². The third-order valence-electron chi connectivity index (χ3n) is 8.34. The lowest BCUT2D eigenvalue weighted by molar-refractivity contribution is 0.669. The molecular formula is C42H29N3O. The minimum atomic E-state index is 0.630. The first-order valence-electron chi connectivity index (χ1n) is 15.4. The van der Waals surface area contributed by atoms with Crippen LogP contribution >= 0.6 is 0 Å². The number of aryl methyl sites for hydroxylation is 1. The van der Waals surface area contributed by atoms with Crippen LogP contribution < -0.4 is 0 Å². The topological polar surface area (TPSA) is 51.8 Å². The van der Waals surface area contributed by atoms with E-state index >= 15 is 0 Å². The van der Waals surface area contributed by atoms with Gasteiger partial charge in [0.15, 0.2) is 17.5 Å². The van der Waals surface area contributed by atoms with Gasteiger partial charge in [0, 0.05) is 27.5 Å². The number of fused-ring (bicyclic) bond motifs is 3. The molecule has 0 N–H and O–H groups in total. The molecule has 4 heteroatoms. The van der Waals surface area contributed by atoms with Gasteiger partial charge in [-0.1, -0.05) is 146 Å². The van der Waals surface area contributed by atoms with E-state index in [9.17, 15) is 0 Å². The zero-order valence-electron chi connectivity index (χ0n) is 25.3. The number of rotatable bonds is 6. The number of benzene rings is 6. The van der Waals surface area contributed by atoms with Gasteiger partial charge in [0.25, 0.3) is 0 Å². The third-order valence-corrected chi connectivity index (χ3v) is 8.34. The van der Waals surface area contributed by atoms with E-state index in [0.29, 0.717) is 17.5 Å². The highest BCUT2D eigenvalue weighted by Crippen LogP contribution is 2.37. The number of para-hydroxylation sites is 1. The zero-order valence-corrected chi connectivity index (χ0v) is 25.3. The van der Waals surface area contributed by atoms with E-state index in [1.165, 1.54) is 11.1 Å². The predicted octanol–water partition coefficient (Wildman–Crippen LogP) is 10.9. The Morgan fingerprint density at radius 3 is 1.74 bits per heavy atom. The first-order chi connectivity index (χ1) is 22.7. The van der Waals surface area contributed by atoms with E-state index in [1.54, 1.807) is 0 Å². The Morgan fingerprint density at radius 2 is 1.02 bits per heavy atom. The van der Waals surface area contributed by atoms with Crippen LogP contribution in [0.3, 0.4) is 0 Å². The molecule has 0 amide bonds. The minimum Gasteiger partial charge on any atom is -0.456 e. The van der Waals surface area contributed by atoms with Crippen molar-refractivity contribution in [2.75, 3.05) is 0 Å². The maximum atomic E-state index is 6.13. The summed E-state index contributed by atoms with van der Waals surface area (Å²) in [6.45, 7) is 2.13. The van der Waals surface area contributed by atoms with E-state index in [1.807, 2.05) is 54.6 Å². The fraction of sp³-hybridized carbons (Fsp3) is 0.0238. The van der Waals surface area contributed by atoms with E-state index < -0.39 is 0 Å². The lowest BCUT2D eigenvalue weighted by Crippen LogP contribution is -2.00. The van der Waals surface area contributed by atoms with Crippen molar-refractivity contribution in [3.05, 3.63) is 162 Å². The molecule has 0 saturated heterocycles. The van der Waals surface area contributed by atoms with Gasteiger partial charge in [-0.25, -0.2) is 15.0 Å². The number of aromatic nitrogens is 3. The lowest BCUT2D eigenvalue weighted by Gasteiger charge is -2.10. The molecule has 8 aromatic rings. The quantitative estimate of drug-likeness (QED) is 0.181. The van der Waals surface area contributed by atoms with Crippen LogP contribution in [0.1, 0.15) is 16.7 Å². The zero-order chi connectivity index (χ0) is 30.9. The second-order valence-corrected chi connectivity index (χ2v) is 11.3. The van der Waals surface area contributed by atoms with E-state index in [0.717, 1.165) is 55.3 Å². The van der Waals surface area contributed by atoms with Crippen LogP contribution in [0, 0.1) is 6.92 Å². The molecule has 0 spiro atoms. The molecule has 4 nitrogen and oxygen atoms in total. The standard InChI is InChI=1S/C42H29N3O/c1-28-10-5-6-11-30(28)21-18-29-19-22-33(23-20-29)41-43-40(32-12-3-2-4-13-32)44-42(45-41)34-26-24-31(25-27-34)35-15-9-17-38-39(35)36-14-7-8-16-37(36)46-38/h2-27H,1H3/b21-18-. The second-order valence-electron chi connectivity index (χ2n) is 11.3. The van der Waals surface area contributed by atoms with E-state index in [2.05, 4.69) is 110 Å². The smallest absolute Gasteiger partial charge is 0.164 e. The SMILES string of the molecule is Cc1ccccc1/C=C\c1ccc(-c2nc(-c3ccccc3)nc(-c3ccc(-c4cccc5oc6ccccc6c45)cc3)n2)cc1. The van der Waals surface area contributed by atoms with Gasteiger partial charge in [-0.05, 0) is 46.9 Å². The van der Waals surface area contributed by atoms with Gasteiger partial charge in [-0.3, -0.25) is 0 Å². The molecule has 0 saturated carbocycles. The highest BCUT2D eigenvalue weighted by Gasteiger charge is 2.15. The molecule has 0 unspecified atom stereocenters. The van der Waals surface area contributed by atoms with E-state index in [-0.39, 0.29) is 0 Å². The average Bonchev–Trinajstić information content (AvgIpc) is 3.51. The van der Waals surface area contributed by atoms with Crippen LogP contribution in [-0.4, -0.2) is 15.0 Å². The Morgan fingerprint density at radius 1 is 0.457 bits per heavy atom. The molecule has 0 aliphatic heterocycles. The lowest BCUT2D eigenvalue weighted by atomic mass is 9.98. The molecule has 2 heterocycles. The summed E-state index contributed by atoms with van der Waals surface area (Å²) in [7, 11) is 0. The van der Waals surface area contributed by atoms with Crippen LogP contribution in [0.25, 0.3) is 79.4 Å². The van der Waals surface area contributed by atoms with Crippen LogP contribution in [0.4, 0.5) is 0 Å². The fourth-order valence-corrected chi connectivity index (χ4v) is 5.87. The highest BCUT2D eigenvalue weighted by molar-refractivity contribution is 6.12. The summed E-state index contributed by atoms with van der Waals surface area (Å²) >= 11 is 0. The summed E-state index contributed by atoms with van der Waals surface area (Å²) in [5, 5.41) is 2.24.